The zero-order valence-corrected chi connectivity index (χ0v) is 9.67. The SMILES string of the molecule is O=C1NCCN1CCn1cc(CCCO)nn1. The Balaban J connectivity index is 1.78. The Labute approximate surface area is 99.4 Å². The number of rotatable bonds is 6. The Kier molecular flexibility index (Phi) is 3.92. The molecule has 0 bridgehead atoms. The number of carbonyl (C=O) groups excluding carboxylic acids is 1. The molecule has 1 fully saturated rings. The van der Waals surface area contributed by atoms with Crippen LogP contribution in [0.4, 0.5) is 4.79 Å². The summed E-state index contributed by atoms with van der Waals surface area (Å²) in [5.74, 6) is 0. The topological polar surface area (TPSA) is 83.3 Å². The number of urea groups is 1. The molecule has 1 aromatic heterocycles. The number of hydrogen-bond donors (Lipinski definition) is 2. The molecule has 0 unspecified atom stereocenters. The van der Waals surface area contributed by atoms with Crippen molar-refractivity contribution in [3.63, 3.8) is 0 Å². The van der Waals surface area contributed by atoms with E-state index in [2.05, 4.69) is 15.6 Å². The predicted molar refractivity (Wildman–Crippen MR) is 60.4 cm³/mol. The summed E-state index contributed by atoms with van der Waals surface area (Å²) in [4.78, 5) is 13.0. The molecule has 0 aromatic carbocycles. The van der Waals surface area contributed by atoms with Crippen molar-refractivity contribution in [1.29, 1.82) is 0 Å². The van der Waals surface area contributed by atoms with Gasteiger partial charge >= 0.3 is 6.03 Å². The summed E-state index contributed by atoms with van der Waals surface area (Å²) in [6.45, 7) is 2.94. The van der Waals surface area contributed by atoms with Crippen LogP contribution in [0.1, 0.15) is 12.1 Å². The van der Waals surface area contributed by atoms with E-state index < -0.39 is 0 Å². The number of aryl methyl sites for hydroxylation is 1. The lowest BCUT2D eigenvalue weighted by Gasteiger charge is -2.12. The van der Waals surface area contributed by atoms with Gasteiger partial charge in [-0.05, 0) is 12.8 Å². The lowest BCUT2D eigenvalue weighted by molar-refractivity contribution is 0.215. The van der Waals surface area contributed by atoms with Crippen LogP contribution in [0.5, 0.6) is 0 Å². The van der Waals surface area contributed by atoms with Crippen LogP contribution in [0.2, 0.25) is 0 Å². The Hall–Kier alpha value is -1.63. The van der Waals surface area contributed by atoms with Gasteiger partial charge in [-0.3, -0.25) is 4.68 Å². The van der Waals surface area contributed by atoms with E-state index in [9.17, 15) is 4.79 Å². The highest BCUT2D eigenvalue weighted by Crippen LogP contribution is 2.00. The Morgan fingerprint density at radius 1 is 1.47 bits per heavy atom. The lowest BCUT2D eigenvalue weighted by Crippen LogP contribution is -2.31. The van der Waals surface area contributed by atoms with Crippen LogP contribution < -0.4 is 5.32 Å². The highest BCUT2D eigenvalue weighted by Gasteiger charge is 2.18. The van der Waals surface area contributed by atoms with Gasteiger partial charge in [0.15, 0.2) is 0 Å². The first-order valence-corrected chi connectivity index (χ1v) is 5.82. The zero-order chi connectivity index (χ0) is 12.1. The minimum atomic E-state index is -0.00869. The average molecular weight is 239 g/mol. The van der Waals surface area contributed by atoms with Crippen LogP contribution in [-0.2, 0) is 13.0 Å². The monoisotopic (exact) mass is 239 g/mol. The van der Waals surface area contributed by atoms with E-state index in [1.807, 2.05) is 6.20 Å². The molecule has 1 aromatic rings. The summed E-state index contributed by atoms with van der Waals surface area (Å²) in [5, 5.41) is 19.4. The molecule has 2 amide bonds. The van der Waals surface area contributed by atoms with Crippen LogP contribution in [-0.4, -0.2) is 57.3 Å². The van der Waals surface area contributed by atoms with Gasteiger partial charge < -0.3 is 15.3 Å². The van der Waals surface area contributed by atoms with E-state index in [0.717, 1.165) is 25.2 Å². The summed E-state index contributed by atoms with van der Waals surface area (Å²) >= 11 is 0. The Bertz CT molecular complexity index is 379. The molecule has 0 radical (unpaired) electrons. The summed E-state index contributed by atoms with van der Waals surface area (Å²) in [6, 6.07) is -0.00869. The molecule has 1 aliphatic heterocycles. The average Bonchev–Trinajstić information content (AvgIpc) is 2.93. The van der Waals surface area contributed by atoms with Crippen molar-refractivity contribution in [2.75, 3.05) is 26.2 Å². The molecule has 17 heavy (non-hydrogen) atoms. The molecule has 94 valence electrons. The highest BCUT2D eigenvalue weighted by molar-refractivity contribution is 5.76. The standard InChI is InChI=1S/C10H17N5O2/c16-7-1-2-9-8-15(13-12-9)6-5-14-4-3-11-10(14)17/h8,16H,1-7H2,(H,11,17). The molecule has 0 aliphatic carbocycles. The quantitative estimate of drug-likeness (QED) is 0.682. The summed E-state index contributed by atoms with van der Waals surface area (Å²) in [5.41, 5.74) is 0.880. The van der Waals surface area contributed by atoms with E-state index >= 15 is 0 Å². The number of nitrogens with zero attached hydrogens (tertiary/aromatic N) is 4. The molecule has 1 aliphatic rings. The highest BCUT2D eigenvalue weighted by atomic mass is 16.3. The Morgan fingerprint density at radius 3 is 3.06 bits per heavy atom. The van der Waals surface area contributed by atoms with E-state index in [0.29, 0.717) is 19.5 Å². The van der Waals surface area contributed by atoms with E-state index in [-0.39, 0.29) is 12.6 Å². The van der Waals surface area contributed by atoms with Gasteiger partial charge in [0, 0.05) is 32.4 Å². The number of aromatic nitrogens is 3. The van der Waals surface area contributed by atoms with Gasteiger partial charge in [0.1, 0.15) is 0 Å². The van der Waals surface area contributed by atoms with Crippen molar-refractivity contribution in [2.45, 2.75) is 19.4 Å². The fourth-order valence-corrected chi connectivity index (χ4v) is 1.77. The molecular weight excluding hydrogens is 222 g/mol. The third kappa shape index (κ3) is 3.16. The van der Waals surface area contributed by atoms with Gasteiger partial charge in [-0.25, -0.2) is 4.79 Å². The van der Waals surface area contributed by atoms with Gasteiger partial charge in [0.05, 0.1) is 12.2 Å². The maximum atomic E-state index is 11.3. The first kappa shape index (κ1) is 11.8. The van der Waals surface area contributed by atoms with Gasteiger partial charge in [-0.2, -0.15) is 0 Å². The minimum Gasteiger partial charge on any atom is -0.396 e. The van der Waals surface area contributed by atoms with Gasteiger partial charge in [0.25, 0.3) is 0 Å². The molecule has 2 rings (SSSR count). The number of aliphatic hydroxyl groups excluding tert-OH is 1. The van der Waals surface area contributed by atoms with Crippen molar-refractivity contribution in [3.05, 3.63) is 11.9 Å². The fourth-order valence-electron chi connectivity index (χ4n) is 1.77. The van der Waals surface area contributed by atoms with Crippen molar-refractivity contribution >= 4 is 6.03 Å². The fraction of sp³-hybridized carbons (Fsp3) is 0.700. The lowest BCUT2D eigenvalue weighted by atomic mass is 10.3. The van der Waals surface area contributed by atoms with Crippen LogP contribution in [0.3, 0.4) is 0 Å². The maximum absolute atomic E-state index is 11.3. The third-order valence-corrected chi connectivity index (χ3v) is 2.72. The van der Waals surface area contributed by atoms with E-state index in [1.54, 1.807) is 9.58 Å². The number of nitrogens with one attached hydrogen (secondary N) is 1. The van der Waals surface area contributed by atoms with Crippen molar-refractivity contribution in [1.82, 2.24) is 25.2 Å². The van der Waals surface area contributed by atoms with E-state index in [1.165, 1.54) is 0 Å². The number of hydrogen-bond acceptors (Lipinski definition) is 4. The Morgan fingerprint density at radius 2 is 2.35 bits per heavy atom. The van der Waals surface area contributed by atoms with Crippen molar-refractivity contribution in [3.8, 4) is 0 Å². The number of amides is 2. The molecule has 1 saturated heterocycles. The molecule has 2 N–H and O–H groups in total. The molecule has 0 spiro atoms. The van der Waals surface area contributed by atoms with Crippen molar-refractivity contribution < 1.29 is 9.90 Å². The largest absolute Gasteiger partial charge is 0.396 e. The number of carbonyl (C=O) groups is 1. The number of aliphatic hydroxyl groups is 1. The molecular formula is C10H17N5O2. The molecule has 7 nitrogen and oxygen atoms in total. The summed E-state index contributed by atoms with van der Waals surface area (Å²) < 4.78 is 1.73. The van der Waals surface area contributed by atoms with Gasteiger partial charge in [-0.15, -0.1) is 5.10 Å². The maximum Gasteiger partial charge on any atom is 0.317 e. The second kappa shape index (κ2) is 5.62. The van der Waals surface area contributed by atoms with Crippen LogP contribution in [0.15, 0.2) is 6.20 Å². The summed E-state index contributed by atoms with van der Waals surface area (Å²) in [6.07, 6.45) is 3.30. The molecule has 0 atom stereocenters. The molecule has 2 heterocycles. The predicted octanol–water partition coefficient (Wildman–Crippen LogP) is -0.772. The summed E-state index contributed by atoms with van der Waals surface area (Å²) in [7, 11) is 0. The van der Waals surface area contributed by atoms with Crippen LogP contribution in [0, 0.1) is 0 Å². The van der Waals surface area contributed by atoms with E-state index in [4.69, 9.17) is 5.11 Å². The second-order valence-electron chi connectivity index (χ2n) is 4.02. The van der Waals surface area contributed by atoms with Gasteiger partial charge in [0.2, 0.25) is 0 Å². The first-order valence-electron chi connectivity index (χ1n) is 5.82. The minimum absolute atomic E-state index is 0.00869. The first-order chi connectivity index (χ1) is 8.29. The second-order valence-corrected chi connectivity index (χ2v) is 4.02. The van der Waals surface area contributed by atoms with Crippen LogP contribution in [0.25, 0.3) is 0 Å². The third-order valence-electron chi connectivity index (χ3n) is 2.72. The van der Waals surface area contributed by atoms with Gasteiger partial charge in [-0.1, -0.05) is 5.21 Å². The molecule has 0 saturated carbocycles. The van der Waals surface area contributed by atoms with Crippen LogP contribution >= 0.6 is 0 Å². The zero-order valence-electron chi connectivity index (χ0n) is 9.67. The van der Waals surface area contributed by atoms with Crippen molar-refractivity contribution in [2.24, 2.45) is 0 Å². The normalized spacial score (nSPS) is 15.4. The smallest absolute Gasteiger partial charge is 0.317 e. The molecule has 7 heteroatoms.